The highest BCUT2D eigenvalue weighted by Gasteiger charge is 1.87. The molecule has 0 heterocycles. The van der Waals surface area contributed by atoms with Gasteiger partial charge in [0.1, 0.15) is 0 Å². The monoisotopic (exact) mass is 176 g/mol. The third-order valence-corrected chi connectivity index (χ3v) is 1.49. The fourth-order valence-corrected chi connectivity index (χ4v) is 0.713. The van der Waals surface area contributed by atoms with Gasteiger partial charge in [0.05, 0.1) is 0 Å². The Morgan fingerprint density at radius 1 is 1.46 bits per heavy atom. The van der Waals surface area contributed by atoms with E-state index in [1.165, 1.54) is 5.57 Å². The summed E-state index contributed by atoms with van der Waals surface area (Å²) >= 11 is 0. The van der Waals surface area contributed by atoms with Gasteiger partial charge in [-0.3, -0.25) is 0 Å². The molecular formula is C13H20. The summed E-state index contributed by atoms with van der Waals surface area (Å²) in [4.78, 5) is 0. The summed E-state index contributed by atoms with van der Waals surface area (Å²) in [5.41, 5.74) is 2.10. The Balaban J connectivity index is 0. The minimum absolute atomic E-state index is 0.918. The molecule has 0 aromatic carbocycles. The minimum Gasteiger partial charge on any atom is -0.115 e. The van der Waals surface area contributed by atoms with Crippen molar-refractivity contribution in [2.45, 2.75) is 34.1 Å². The second kappa shape index (κ2) is 10.8. The summed E-state index contributed by atoms with van der Waals surface area (Å²) in [7, 11) is 0. The van der Waals surface area contributed by atoms with Crippen LogP contribution in [0.25, 0.3) is 0 Å². The van der Waals surface area contributed by atoms with Crippen LogP contribution in [-0.4, -0.2) is 0 Å². The first-order valence-corrected chi connectivity index (χ1v) is 4.74. The molecule has 0 amide bonds. The summed E-state index contributed by atoms with van der Waals surface area (Å²) in [6, 6.07) is 0. The van der Waals surface area contributed by atoms with E-state index >= 15 is 0 Å². The number of terminal acetylenes is 1. The van der Waals surface area contributed by atoms with Gasteiger partial charge in [-0.15, -0.1) is 6.42 Å². The number of allylic oxidation sites excluding steroid dienone is 5. The summed E-state index contributed by atoms with van der Waals surface area (Å²) in [5, 5.41) is 0. The van der Waals surface area contributed by atoms with Gasteiger partial charge in [0.25, 0.3) is 0 Å². The second-order valence-electron chi connectivity index (χ2n) is 2.17. The molecule has 0 spiro atoms. The second-order valence-corrected chi connectivity index (χ2v) is 2.17. The zero-order valence-corrected chi connectivity index (χ0v) is 9.22. The van der Waals surface area contributed by atoms with Crippen molar-refractivity contribution in [3.8, 4) is 12.3 Å². The Morgan fingerprint density at radius 2 is 2.00 bits per heavy atom. The summed E-state index contributed by atoms with van der Waals surface area (Å²) in [6.07, 6.45) is 11.9. The first-order valence-electron chi connectivity index (χ1n) is 4.74. The Bertz CT molecular complexity index is 221. The molecule has 0 saturated carbocycles. The molecule has 13 heavy (non-hydrogen) atoms. The standard InChI is InChI=1S/C11H14.C2H6/c1-5-10(6-2)9-11(7-3)8-4;1-2/h1,6-7,9H,3,8H2,2,4H3;1-2H3/b10-6-,11-9+;. The molecule has 0 fully saturated rings. The van der Waals surface area contributed by atoms with E-state index in [-0.39, 0.29) is 0 Å². The van der Waals surface area contributed by atoms with Crippen LogP contribution in [0.4, 0.5) is 0 Å². The van der Waals surface area contributed by atoms with E-state index in [4.69, 9.17) is 6.42 Å². The normalized spacial score (nSPS) is 11.0. The van der Waals surface area contributed by atoms with Crippen LogP contribution in [0, 0.1) is 12.3 Å². The smallest absolute Gasteiger partial charge is 0.0202 e. The van der Waals surface area contributed by atoms with Crippen molar-refractivity contribution in [1.82, 2.24) is 0 Å². The molecule has 0 aromatic heterocycles. The van der Waals surface area contributed by atoms with Gasteiger partial charge in [-0.25, -0.2) is 0 Å². The van der Waals surface area contributed by atoms with Crippen LogP contribution in [-0.2, 0) is 0 Å². The van der Waals surface area contributed by atoms with Crippen molar-refractivity contribution in [2.75, 3.05) is 0 Å². The van der Waals surface area contributed by atoms with Gasteiger partial charge in [-0.1, -0.05) is 45.4 Å². The molecule has 0 radical (unpaired) electrons. The van der Waals surface area contributed by atoms with E-state index in [0.29, 0.717) is 0 Å². The zero-order chi connectivity index (χ0) is 10.7. The van der Waals surface area contributed by atoms with Crippen LogP contribution in [0.2, 0.25) is 0 Å². The lowest BCUT2D eigenvalue weighted by Crippen LogP contribution is -1.76. The summed E-state index contributed by atoms with van der Waals surface area (Å²) in [6.45, 7) is 11.7. The Kier molecular flexibility index (Phi) is 11.9. The Labute approximate surface area is 83.1 Å². The number of hydrogen-bond donors (Lipinski definition) is 0. The molecule has 0 bridgehead atoms. The van der Waals surface area contributed by atoms with Crippen LogP contribution in [0.5, 0.6) is 0 Å². The van der Waals surface area contributed by atoms with E-state index < -0.39 is 0 Å². The van der Waals surface area contributed by atoms with Gasteiger partial charge in [0, 0.05) is 5.57 Å². The average molecular weight is 176 g/mol. The lowest BCUT2D eigenvalue weighted by molar-refractivity contribution is 1.15. The molecule has 0 aromatic rings. The van der Waals surface area contributed by atoms with Crippen molar-refractivity contribution < 1.29 is 0 Å². The molecule has 0 saturated heterocycles. The van der Waals surface area contributed by atoms with Gasteiger partial charge in [0.15, 0.2) is 0 Å². The molecule has 0 aliphatic heterocycles. The maximum absolute atomic E-state index is 5.24. The molecule has 0 atom stereocenters. The molecule has 0 rings (SSSR count). The molecule has 0 N–H and O–H groups in total. The van der Waals surface area contributed by atoms with Crippen molar-refractivity contribution in [1.29, 1.82) is 0 Å². The van der Waals surface area contributed by atoms with Crippen LogP contribution in [0.15, 0.2) is 36.0 Å². The first-order chi connectivity index (χ1) is 6.28. The quantitative estimate of drug-likeness (QED) is 0.448. The Hall–Kier alpha value is -1.22. The average Bonchev–Trinajstić information content (AvgIpc) is 2.23. The molecular weight excluding hydrogens is 156 g/mol. The molecule has 0 heteroatoms. The zero-order valence-electron chi connectivity index (χ0n) is 9.22. The molecule has 0 aliphatic rings. The van der Waals surface area contributed by atoms with Gasteiger partial charge < -0.3 is 0 Å². The lowest BCUT2D eigenvalue weighted by atomic mass is 10.1. The van der Waals surface area contributed by atoms with E-state index in [0.717, 1.165) is 12.0 Å². The maximum Gasteiger partial charge on any atom is 0.0202 e. The van der Waals surface area contributed by atoms with Crippen LogP contribution in [0.3, 0.4) is 0 Å². The van der Waals surface area contributed by atoms with Gasteiger partial charge in [-0.05, 0) is 25.0 Å². The number of rotatable bonds is 3. The van der Waals surface area contributed by atoms with E-state index in [1.54, 1.807) is 0 Å². The summed E-state index contributed by atoms with van der Waals surface area (Å²) < 4.78 is 0. The fourth-order valence-electron chi connectivity index (χ4n) is 0.713. The molecule has 0 nitrogen and oxygen atoms in total. The highest BCUT2D eigenvalue weighted by Crippen LogP contribution is 2.06. The largest absolute Gasteiger partial charge is 0.115 e. The predicted molar refractivity (Wildman–Crippen MR) is 62.5 cm³/mol. The van der Waals surface area contributed by atoms with E-state index in [9.17, 15) is 0 Å². The SMILES string of the molecule is C#CC(/C=C(\C=C)CC)=C/C.CC. The van der Waals surface area contributed by atoms with Crippen molar-refractivity contribution in [3.63, 3.8) is 0 Å². The summed E-state index contributed by atoms with van der Waals surface area (Å²) in [5.74, 6) is 2.59. The van der Waals surface area contributed by atoms with Gasteiger partial charge in [0.2, 0.25) is 0 Å². The van der Waals surface area contributed by atoms with Crippen molar-refractivity contribution in [3.05, 3.63) is 36.0 Å². The van der Waals surface area contributed by atoms with E-state index in [2.05, 4.69) is 19.4 Å². The molecule has 0 unspecified atom stereocenters. The highest BCUT2D eigenvalue weighted by molar-refractivity contribution is 5.40. The van der Waals surface area contributed by atoms with Crippen LogP contribution in [0.1, 0.15) is 34.1 Å². The molecule has 0 aliphatic carbocycles. The third kappa shape index (κ3) is 7.15. The fraction of sp³-hybridized carbons (Fsp3) is 0.385. The lowest BCUT2D eigenvalue weighted by Gasteiger charge is -1.94. The van der Waals surface area contributed by atoms with Crippen LogP contribution < -0.4 is 0 Å². The predicted octanol–water partition coefficient (Wildman–Crippen LogP) is 4.11. The highest BCUT2D eigenvalue weighted by atomic mass is 13.9. The number of hydrogen-bond acceptors (Lipinski definition) is 0. The Morgan fingerprint density at radius 3 is 2.23 bits per heavy atom. The molecule has 72 valence electrons. The maximum atomic E-state index is 5.24. The van der Waals surface area contributed by atoms with Crippen LogP contribution >= 0.6 is 0 Å². The first kappa shape index (κ1) is 14.3. The topological polar surface area (TPSA) is 0 Å². The van der Waals surface area contributed by atoms with E-state index in [1.807, 2.05) is 39.0 Å². The minimum atomic E-state index is 0.918. The van der Waals surface area contributed by atoms with Gasteiger partial charge in [-0.2, -0.15) is 0 Å². The van der Waals surface area contributed by atoms with Crippen molar-refractivity contribution >= 4 is 0 Å². The van der Waals surface area contributed by atoms with Crippen molar-refractivity contribution in [2.24, 2.45) is 0 Å². The third-order valence-electron chi connectivity index (χ3n) is 1.49. The van der Waals surface area contributed by atoms with Gasteiger partial charge >= 0.3 is 0 Å².